The van der Waals surface area contributed by atoms with Crippen molar-refractivity contribution in [2.45, 2.75) is 5.75 Å². The summed E-state index contributed by atoms with van der Waals surface area (Å²) in [5, 5.41) is 11.4. The third-order valence-electron chi connectivity index (χ3n) is 2.97. The van der Waals surface area contributed by atoms with Crippen molar-refractivity contribution in [1.82, 2.24) is 0 Å². The maximum atomic E-state index is 12.1. The highest BCUT2D eigenvalue weighted by Crippen LogP contribution is 2.11. The zero-order valence-electron chi connectivity index (χ0n) is 12.1. The number of carboxylic acids is 1. The number of para-hydroxylation sites is 1. The first-order valence-electron chi connectivity index (χ1n) is 6.73. The van der Waals surface area contributed by atoms with Gasteiger partial charge in [0.05, 0.1) is 11.3 Å². The van der Waals surface area contributed by atoms with Crippen LogP contribution in [-0.4, -0.2) is 31.2 Å². The summed E-state index contributed by atoms with van der Waals surface area (Å²) in [5.41, 5.74) is 0.851. The highest BCUT2D eigenvalue weighted by Gasteiger charge is 2.18. The molecule has 2 rings (SSSR count). The van der Waals surface area contributed by atoms with Crippen LogP contribution in [0.2, 0.25) is 0 Å². The van der Waals surface area contributed by atoms with Crippen molar-refractivity contribution in [2.24, 2.45) is 0 Å². The average Bonchev–Trinajstić information content (AvgIpc) is 2.47. The van der Waals surface area contributed by atoms with E-state index in [4.69, 9.17) is 5.11 Å². The molecule has 0 fully saturated rings. The van der Waals surface area contributed by atoms with E-state index in [-0.39, 0.29) is 5.56 Å². The van der Waals surface area contributed by atoms with Gasteiger partial charge in [-0.05, 0) is 29.8 Å². The van der Waals surface area contributed by atoms with Crippen LogP contribution >= 0.6 is 0 Å². The molecule has 2 aromatic rings. The lowest BCUT2D eigenvalue weighted by atomic mass is 10.1. The van der Waals surface area contributed by atoms with Gasteiger partial charge in [-0.1, -0.05) is 30.3 Å². The second kappa shape index (κ2) is 7.06. The fourth-order valence-electron chi connectivity index (χ4n) is 2.02. The molecule has 0 aliphatic carbocycles. The van der Waals surface area contributed by atoms with Gasteiger partial charge in [0, 0.05) is 5.69 Å². The van der Waals surface area contributed by atoms with Crippen LogP contribution in [0.15, 0.2) is 54.6 Å². The normalized spacial score (nSPS) is 11.0. The predicted octanol–water partition coefficient (Wildman–Crippen LogP) is 1.94. The Hall–Kier alpha value is -2.67. The Morgan fingerprint density at radius 1 is 1.00 bits per heavy atom. The number of carboxylic acid groups (broad SMARTS) is 1. The Kier molecular flexibility index (Phi) is 5.13. The smallest absolute Gasteiger partial charge is 0.335 e. The first kappa shape index (κ1) is 16.7. The van der Waals surface area contributed by atoms with Gasteiger partial charge in [0.25, 0.3) is 0 Å². The third-order valence-corrected chi connectivity index (χ3v) is 4.44. The Bertz CT molecular complexity index is 815. The van der Waals surface area contributed by atoms with Gasteiger partial charge in [0.15, 0.2) is 9.84 Å². The molecule has 120 valence electrons. The zero-order chi connectivity index (χ0) is 16.9. The monoisotopic (exact) mass is 333 g/mol. The second-order valence-electron chi connectivity index (χ2n) is 4.95. The largest absolute Gasteiger partial charge is 0.478 e. The number of carbonyl (C=O) groups excluding carboxylic acids is 1. The first-order chi connectivity index (χ1) is 10.9. The third kappa shape index (κ3) is 5.23. The van der Waals surface area contributed by atoms with Crippen molar-refractivity contribution in [3.63, 3.8) is 0 Å². The van der Waals surface area contributed by atoms with Crippen LogP contribution in [0.5, 0.6) is 0 Å². The van der Waals surface area contributed by atoms with E-state index in [2.05, 4.69) is 5.32 Å². The number of benzene rings is 2. The molecular weight excluding hydrogens is 318 g/mol. The highest BCUT2D eigenvalue weighted by molar-refractivity contribution is 7.91. The number of rotatable bonds is 6. The Labute approximate surface area is 133 Å². The van der Waals surface area contributed by atoms with Gasteiger partial charge in [-0.15, -0.1) is 0 Å². The molecule has 23 heavy (non-hydrogen) atoms. The molecule has 1 amide bonds. The fraction of sp³-hybridized carbons (Fsp3) is 0.125. The Balaban J connectivity index is 2.03. The van der Waals surface area contributed by atoms with Crippen LogP contribution < -0.4 is 5.32 Å². The van der Waals surface area contributed by atoms with E-state index in [1.807, 2.05) is 0 Å². The molecule has 0 radical (unpaired) electrons. The van der Waals surface area contributed by atoms with E-state index in [1.165, 1.54) is 24.3 Å². The summed E-state index contributed by atoms with van der Waals surface area (Å²) in [4.78, 5) is 22.7. The van der Waals surface area contributed by atoms with E-state index in [0.717, 1.165) is 0 Å². The molecule has 0 aromatic heterocycles. The van der Waals surface area contributed by atoms with Crippen LogP contribution in [0.4, 0.5) is 5.69 Å². The summed E-state index contributed by atoms with van der Waals surface area (Å²) in [7, 11) is -3.70. The minimum Gasteiger partial charge on any atom is -0.478 e. The molecule has 2 aromatic carbocycles. The van der Waals surface area contributed by atoms with Crippen molar-refractivity contribution in [1.29, 1.82) is 0 Å². The maximum Gasteiger partial charge on any atom is 0.335 e. The molecule has 0 atom stereocenters. The van der Waals surface area contributed by atoms with Crippen LogP contribution in [0.25, 0.3) is 0 Å². The lowest BCUT2D eigenvalue weighted by molar-refractivity contribution is -0.113. The lowest BCUT2D eigenvalue weighted by Gasteiger charge is -2.07. The van der Waals surface area contributed by atoms with Crippen molar-refractivity contribution in [3.05, 3.63) is 65.7 Å². The lowest BCUT2D eigenvalue weighted by Crippen LogP contribution is -2.24. The quantitative estimate of drug-likeness (QED) is 0.841. The fourth-order valence-corrected chi connectivity index (χ4v) is 3.28. The minimum absolute atomic E-state index is 0.00596. The SMILES string of the molecule is O=C(CS(=O)(=O)Cc1cccc(C(=O)O)c1)Nc1ccccc1. The number of hydrogen-bond acceptors (Lipinski definition) is 4. The summed E-state index contributed by atoms with van der Waals surface area (Å²) < 4.78 is 24.1. The topological polar surface area (TPSA) is 101 Å². The molecule has 0 saturated heterocycles. The Morgan fingerprint density at radius 2 is 1.70 bits per heavy atom. The summed E-state index contributed by atoms with van der Waals surface area (Å²) in [5.74, 6) is -2.83. The van der Waals surface area contributed by atoms with Crippen LogP contribution in [0, 0.1) is 0 Å². The number of anilines is 1. The predicted molar refractivity (Wildman–Crippen MR) is 86.0 cm³/mol. The van der Waals surface area contributed by atoms with E-state index in [1.54, 1.807) is 30.3 Å². The van der Waals surface area contributed by atoms with Gasteiger partial charge >= 0.3 is 5.97 Å². The molecule has 2 N–H and O–H groups in total. The molecule has 6 nitrogen and oxygen atoms in total. The van der Waals surface area contributed by atoms with Gasteiger partial charge < -0.3 is 10.4 Å². The molecule has 0 unspecified atom stereocenters. The van der Waals surface area contributed by atoms with Crippen molar-refractivity contribution in [3.8, 4) is 0 Å². The van der Waals surface area contributed by atoms with E-state index in [0.29, 0.717) is 11.3 Å². The number of carbonyl (C=O) groups is 2. The number of hydrogen-bond donors (Lipinski definition) is 2. The molecule has 0 heterocycles. The summed E-state index contributed by atoms with van der Waals surface area (Å²) in [6.07, 6.45) is 0. The van der Waals surface area contributed by atoms with Crippen LogP contribution in [0.1, 0.15) is 15.9 Å². The molecule has 0 spiro atoms. The molecular formula is C16H15NO5S. The zero-order valence-corrected chi connectivity index (χ0v) is 12.9. The highest BCUT2D eigenvalue weighted by atomic mass is 32.2. The van der Waals surface area contributed by atoms with Gasteiger partial charge in [0.1, 0.15) is 5.75 Å². The van der Waals surface area contributed by atoms with Crippen molar-refractivity contribution >= 4 is 27.4 Å². The molecule has 0 bridgehead atoms. The summed E-state index contributed by atoms with van der Waals surface area (Å²) >= 11 is 0. The molecule has 0 saturated carbocycles. The second-order valence-corrected chi connectivity index (χ2v) is 7.02. The van der Waals surface area contributed by atoms with Crippen LogP contribution in [0.3, 0.4) is 0 Å². The van der Waals surface area contributed by atoms with E-state index < -0.39 is 33.2 Å². The van der Waals surface area contributed by atoms with Crippen molar-refractivity contribution in [2.75, 3.05) is 11.1 Å². The van der Waals surface area contributed by atoms with Gasteiger partial charge in [-0.2, -0.15) is 0 Å². The number of amides is 1. The van der Waals surface area contributed by atoms with Crippen LogP contribution in [-0.2, 0) is 20.4 Å². The van der Waals surface area contributed by atoms with Gasteiger partial charge in [-0.3, -0.25) is 4.79 Å². The van der Waals surface area contributed by atoms with Crippen molar-refractivity contribution < 1.29 is 23.1 Å². The van der Waals surface area contributed by atoms with E-state index >= 15 is 0 Å². The molecule has 0 aliphatic rings. The molecule has 0 aliphatic heterocycles. The van der Waals surface area contributed by atoms with E-state index in [9.17, 15) is 18.0 Å². The number of aromatic carboxylic acids is 1. The number of nitrogens with one attached hydrogen (secondary N) is 1. The average molecular weight is 333 g/mol. The summed E-state index contributed by atoms with van der Waals surface area (Å²) in [6.45, 7) is 0. The minimum atomic E-state index is -3.70. The summed E-state index contributed by atoms with van der Waals surface area (Å²) in [6, 6.07) is 14.2. The molecule has 7 heteroatoms. The number of sulfone groups is 1. The standard InChI is InChI=1S/C16H15NO5S/c18-15(17-14-7-2-1-3-8-14)11-23(21,22)10-12-5-4-6-13(9-12)16(19)20/h1-9H,10-11H2,(H,17,18)(H,19,20). The maximum absolute atomic E-state index is 12.1. The van der Waals surface area contributed by atoms with Gasteiger partial charge in [0.2, 0.25) is 5.91 Å². The Morgan fingerprint density at radius 3 is 2.35 bits per heavy atom. The van der Waals surface area contributed by atoms with Gasteiger partial charge in [-0.25, -0.2) is 13.2 Å². The first-order valence-corrected chi connectivity index (χ1v) is 8.55.